The van der Waals surface area contributed by atoms with E-state index < -0.39 is 26.7 Å². The van der Waals surface area contributed by atoms with Crippen LogP contribution < -0.4 is 5.32 Å². The molecule has 0 spiro atoms. The number of amides is 1. The van der Waals surface area contributed by atoms with Crippen LogP contribution in [0, 0.1) is 5.92 Å². The fourth-order valence-electron chi connectivity index (χ4n) is 1.67. The third kappa shape index (κ3) is 4.90. The minimum absolute atomic E-state index is 0.0113. The highest BCUT2D eigenvalue weighted by Crippen LogP contribution is 2.16. The molecule has 1 aromatic rings. The lowest BCUT2D eigenvalue weighted by atomic mass is 10.2. The summed E-state index contributed by atoms with van der Waals surface area (Å²) in [5.74, 6) is -0.848. The van der Waals surface area contributed by atoms with E-state index in [1.54, 1.807) is 18.3 Å². The third-order valence-corrected chi connectivity index (χ3v) is 6.93. The monoisotopic (exact) mass is 317 g/mol. The van der Waals surface area contributed by atoms with Crippen molar-refractivity contribution in [1.29, 1.82) is 0 Å². The Bertz CT molecular complexity index is 547. The minimum atomic E-state index is -3.37. The molecule has 114 valence electrons. The van der Waals surface area contributed by atoms with Crippen molar-refractivity contribution in [3.63, 3.8) is 0 Å². The van der Waals surface area contributed by atoms with E-state index in [0.29, 0.717) is 6.54 Å². The Morgan fingerprint density at radius 1 is 1.25 bits per heavy atom. The summed E-state index contributed by atoms with van der Waals surface area (Å²) in [6.45, 7) is 7.82. The molecule has 0 unspecified atom stereocenters. The first-order valence-corrected chi connectivity index (χ1v) is 9.35. The van der Waals surface area contributed by atoms with Crippen LogP contribution in [0.3, 0.4) is 0 Å². The highest BCUT2D eigenvalue weighted by Gasteiger charge is 2.26. The molecule has 6 heteroatoms. The van der Waals surface area contributed by atoms with Crippen molar-refractivity contribution in [2.75, 3.05) is 5.75 Å². The second kappa shape index (κ2) is 7.22. The van der Waals surface area contributed by atoms with Gasteiger partial charge in [-0.05, 0) is 31.4 Å². The molecule has 1 amide bonds. The zero-order chi connectivity index (χ0) is 15.3. The number of hydrogen-bond acceptors (Lipinski definition) is 4. The maximum Gasteiger partial charge on any atom is 0.235 e. The van der Waals surface area contributed by atoms with Gasteiger partial charge in [-0.3, -0.25) is 4.79 Å². The molecule has 0 aliphatic rings. The highest BCUT2D eigenvalue weighted by atomic mass is 32.2. The predicted octanol–water partition coefficient (Wildman–Crippen LogP) is 2.39. The largest absolute Gasteiger partial charge is 0.350 e. The zero-order valence-electron chi connectivity index (χ0n) is 12.5. The summed E-state index contributed by atoms with van der Waals surface area (Å²) in [6.07, 6.45) is 0.971. The van der Waals surface area contributed by atoms with Gasteiger partial charge in [-0.1, -0.05) is 20.8 Å². The van der Waals surface area contributed by atoms with Gasteiger partial charge in [0.1, 0.15) is 5.75 Å². The van der Waals surface area contributed by atoms with E-state index in [4.69, 9.17) is 0 Å². The molecule has 0 bridgehead atoms. The van der Waals surface area contributed by atoms with Gasteiger partial charge >= 0.3 is 0 Å². The zero-order valence-corrected chi connectivity index (χ0v) is 14.1. The molecule has 0 fully saturated rings. The number of thiophene rings is 1. The standard InChI is InChI=1S/C14H23NO3S2/c1-5-12-6-7-13(19-12)8-15-14(16)9-20(17,18)11(4)10(2)3/h6-7,10-11H,5,8-9H2,1-4H3,(H,15,16)/t11-/m1/s1. The average Bonchev–Trinajstić information content (AvgIpc) is 2.82. The van der Waals surface area contributed by atoms with Crippen LogP contribution in [0.1, 0.15) is 37.4 Å². The van der Waals surface area contributed by atoms with Crippen LogP contribution in [0.25, 0.3) is 0 Å². The minimum Gasteiger partial charge on any atom is -0.350 e. The Labute approximate surface area is 125 Å². The molecular formula is C14H23NO3S2. The summed E-state index contributed by atoms with van der Waals surface area (Å²) in [5.41, 5.74) is 0. The molecule has 0 aromatic carbocycles. The Kier molecular flexibility index (Phi) is 6.20. The molecule has 1 atom stereocenters. The first-order valence-electron chi connectivity index (χ1n) is 6.82. The van der Waals surface area contributed by atoms with Crippen LogP contribution in [0.15, 0.2) is 12.1 Å². The molecule has 1 aromatic heterocycles. The van der Waals surface area contributed by atoms with Gasteiger partial charge in [0.2, 0.25) is 5.91 Å². The van der Waals surface area contributed by atoms with Gasteiger partial charge in [0.25, 0.3) is 0 Å². The van der Waals surface area contributed by atoms with Crippen LogP contribution in [0.5, 0.6) is 0 Å². The second-order valence-electron chi connectivity index (χ2n) is 5.25. The van der Waals surface area contributed by atoms with Crippen LogP contribution >= 0.6 is 11.3 Å². The number of nitrogens with one attached hydrogen (secondary N) is 1. The molecule has 4 nitrogen and oxygen atoms in total. The summed E-state index contributed by atoms with van der Waals surface area (Å²) in [6, 6.07) is 4.00. The van der Waals surface area contributed by atoms with E-state index in [1.165, 1.54) is 4.88 Å². The van der Waals surface area contributed by atoms with E-state index in [-0.39, 0.29) is 5.92 Å². The Morgan fingerprint density at radius 2 is 1.85 bits per heavy atom. The Hall–Kier alpha value is -0.880. The second-order valence-corrected chi connectivity index (χ2v) is 8.87. The molecule has 1 rings (SSSR count). The molecule has 0 saturated heterocycles. The summed E-state index contributed by atoms with van der Waals surface area (Å²) in [4.78, 5) is 14.1. The number of rotatable bonds is 7. The van der Waals surface area contributed by atoms with Crippen molar-refractivity contribution < 1.29 is 13.2 Å². The molecule has 1 heterocycles. The highest BCUT2D eigenvalue weighted by molar-refractivity contribution is 7.92. The topological polar surface area (TPSA) is 63.2 Å². The molecule has 0 saturated carbocycles. The van der Waals surface area contributed by atoms with Gasteiger partial charge < -0.3 is 5.32 Å². The van der Waals surface area contributed by atoms with Crippen molar-refractivity contribution in [2.45, 2.75) is 45.9 Å². The van der Waals surface area contributed by atoms with Crippen LogP contribution in [0.4, 0.5) is 0 Å². The molecule has 1 N–H and O–H groups in total. The first-order chi connectivity index (χ1) is 9.26. The van der Waals surface area contributed by atoms with Crippen molar-refractivity contribution >= 4 is 27.1 Å². The van der Waals surface area contributed by atoms with Gasteiger partial charge in [0.15, 0.2) is 9.84 Å². The summed E-state index contributed by atoms with van der Waals surface area (Å²) < 4.78 is 24.0. The van der Waals surface area contributed by atoms with Crippen LogP contribution in [-0.4, -0.2) is 25.3 Å². The molecular weight excluding hydrogens is 294 g/mol. The lowest BCUT2D eigenvalue weighted by Gasteiger charge is -2.15. The maximum absolute atomic E-state index is 12.0. The normalized spacial score (nSPS) is 13.4. The van der Waals surface area contributed by atoms with E-state index in [0.717, 1.165) is 11.3 Å². The fraction of sp³-hybridized carbons (Fsp3) is 0.643. The number of aryl methyl sites for hydroxylation is 1. The van der Waals surface area contributed by atoms with Gasteiger partial charge in [0, 0.05) is 9.75 Å². The Balaban J connectivity index is 2.51. The third-order valence-electron chi connectivity index (χ3n) is 3.36. The number of hydrogen-bond donors (Lipinski definition) is 1. The summed E-state index contributed by atoms with van der Waals surface area (Å²) >= 11 is 1.64. The number of carbonyl (C=O) groups excluding carboxylic acids is 1. The Morgan fingerprint density at radius 3 is 2.35 bits per heavy atom. The predicted molar refractivity (Wildman–Crippen MR) is 83.6 cm³/mol. The fourth-order valence-corrected chi connectivity index (χ4v) is 4.13. The van der Waals surface area contributed by atoms with E-state index in [2.05, 4.69) is 12.2 Å². The number of carbonyl (C=O) groups is 1. The maximum atomic E-state index is 12.0. The van der Waals surface area contributed by atoms with Crippen molar-refractivity contribution in [3.05, 3.63) is 21.9 Å². The first kappa shape index (κ1) is 17.2. The van der Waals surface area contributed by atoms with E-state index in [9.17, 15) is 13.2 Å². The van der Waals surface area contributed by atoms with Crippen molar-refractivity contribution in [1.82, 2.24) is 5.32 Å². The van der Waals surface area contributed by atoms with Crippen LogP contribution in [-0.2, 0) is 27.6 Å². The summed E-state index contributed by atoms with van der Waals surface area (Å²) in [5, 5.41) is 2.18. The van der Waals surface area contributed by atoms with Crippen LogP contribution in [0.2, 0.25) is 0 Å². The van der Waals surface area contributed by atoms with Gasteiger partial charge in [-0.15, -0.1) is 11.3 Å². The van der Waals surface area contributed by atoms with Crippen molar-refractivity contribution in [3.8, 4) is 0 Å². The van der Waals surface area contributed by atoms with Crippen molar-refractivity contribution in [2.24, 2.45) is 5.92 Å². The van der Waals surface area contributed by atoms with E-state index >= 15 is 0 Å². The molecule has 0 aliphatic heterocycles. The van der Waals surface area contributed by atoms with Gasteiger partial charge in [-0.25, -0.2) is 8.42 Å². The lowest BCUT2D eigenvalue weighted by molar-refractivity contribution is -0.118. The molecule has 0 radical (unpaired) electrons. The molecule has 20 heavy (non-hydrogen) atoms. The summed E-state index contributed by atoms with van der Waals surface area (Å²) in [7, 11) is -3.37. The quantitative estimate of drug-likeness (QED) is 0.840. The smallest absolute Gasteiger partial charge is 0.235 e. The molecule has 0 aliphatic carbocycles. The SMILES string of the molecule is CCc1ccc(CNC(=O)CS(=O)(=O)[C@H](C)C(C)C)s1. The number of sulfone groups is 1. The van der Waals surface area contributed by atoms with Gasteiger partial charge in [0.05, 0.1) is 11.8 Å². The average molecular weight is 317 g/mol. The van der Waals surface area contributed by atoms with Gasteiger partial charge in [-0.2, -0.15) is 0 Å². The lowest BCUT2D eigenvalue weighted by Crippen LogP contribution is -2.35. The van der Waals surface area contributed by atoms with E-state index in [1.807, 2.05) is 26.0 Å².